The molecule has 0 saturated carbocycles. The Bertz CT molecular complexity index is 491. The first kappa shape index (κ1) is 13.7. The highest BCUT2D eigenvalue weighted by molar-refractivity contribution is 7.91. The summed E-state index contributed by atoms with van der Waals surface area (Å²) >= 11 is 0. The lowest BCUT2D eigenvalue weighted by Gasteiger charge is -2.06. The summed E-state index contributed by atoms with van der Waals surface area (Å²) in [6.45, 7) is 3.18. The van der Waals surface area contributed by atoms with Gasteiger partial charge in [-0.05, 0) is 19.1 Å². The molecule has 5 heteroatoms. The topological polar surface area (TPSA) is 60.4 Å². The maximum atomic E-state index is 11.2. The van der Waals surface area contributed by atoms with E-state index in [-0.39, 0.29) is 23.9 Å². The van der Waals surface area contributed by atoms with Gasteiger partial charge in [-0.2, -0.15) is 0 Å². The third-order valence-electron chi connectivity index (χ3n) is 2.34. The zero-order valence-corrected chi connectivity index (χ0v) is 10.8. The molecule has 0 aliphatic heterocycles. The molecule has 0 heterocycles. The maximum Gasteiger partial charge on any atom is 0.159 e. The predicted molar refractivity (Wildman–Crippen MR) is 66.3 cm³/mol. The molecule has 17 heavy (non-hydrogen) atoms. The lowest BCUT2D eigenvalue weighted by Crippen LogP contribution is -2.15. The van der Waals surface area contributed by atoms with Crippen molar-refractivity contribution in [3.05, 3.63) is 29.8 Å². The Morgan fingerprint density at radius 3 is 2.65 bits per heavy atom. The van der Waals surface area contributed by atoms with Gasteiger partial charge in [0, 0.05) is 11.3 Å². The van der Waals surface area contributed by atoms with Crippen LogP contribution in [0.3, 0.4) is 0 Å². The van der Waals surface area contributed by atoms with Crippen molar-refractivity contribution in [2.75, 3.05) is 18.1 Å². The zero-order chi connectivity index (χ0) is 12.9. The summed E-state index contributed by atoms with van der Waals surface area (Å²) in [5.74, 6) is 0.582. The molecular weight excluding hydrogens is 240 g/mol. The van der Waals surface area contributed by atoms with Crippen LogP contribution in [-0.2, 0) is 9.84 Å². The Labute approximate surface area is 102 Å². The van der Waals surface area contributed by atoms with Crippen LogP contribution in [0.5, 0.6) is 5.75 Å². The zero-order valence-electron chi connectivity index (χ0n) is 9.97. The molecule has 0 saturated heterocycles. The summed E-state index contributed by atoms with van der Waals surface area (Å²) in [5, 5.41) is 0. The molecule has 0 fully saturated rings. The number of hydrogen-bond donors (Lipinski definition) is 0. The number of Topliss-reactive ketones (excluding diaryl/α,β-unsaturated/α-hetero) is 1. The second kappa shape index (κ2) is 5.82. The quantitative estimate of drug-likeness (QED) is 0.727. The molecular formula is C12H16O4S. The highest BCUT2D eigenvalue weighted by Gasteiger charge is 2.07. The summed E-state index contributed by atoms with van der Waals surface area (Å²) in [4.78, 5) is 11.1. The monoisotopic (exact) mass is 256 g/mol. The molecule has 0 unspecified atom stereocenters. The van der Waals surface area contributed by atoms with Crippen molar-refractivity contribution in [2.24, 2.45) is 0 Å². The number of rotatable bonds is 6. The summed E-state index contributed by atoms with van der Waals surface area (Å²) < 4.78 is 27.8. The van der Waals surface area contributed by atoms with E-state index in [9.17, 15) is 13.2 Å². The van der Waals surface area contributed by atoms with Crippen LogP contribution in [0, 0.1) is 0 Å². The van der Waals surface area contributed by atoms with Crippen LogP contribution in [0.15, 0.2) is 24.3 Å². The lowest BCUT2D eigenvalue weighted by atomic mass is 10.1. The van der Waals surface area contributed by atoms with Gasteiger partial charge in [-0.1, -0.05) is 19.1 Å². The van der Waals surface area contributed by atoms with Gasteiger partial charge in [0.1, 0.15) is 12.4 Å². The fraction of sp³-hybridized carbons (Fsp3) is 0.417. The molecule has 4 nitrogen and oxygen atoms in total. The van der Waals surface area contributed by atoms with Crippen LogP contribution >= 0.6 is 0 Å². The van der Waals surface area contributed by atoms with Crippen molar-refractivity contribution < 1.29 is 17.9 Å². The van der Waals surface area contributed by atoms with E-state index in [2.05, 4.69) is 0 Å². The van der Waals surface area contributed by atoms with E-state index in [4.69, 9.17) is 4.74 Å². The number of carbonyl (C=O) groups is 1. The van der Waals surface area contributed by atoms with Gasteiger partial charge in [-0.15, -0.1) is 0 Å². The van der Waals surface area contributed by atoms with Gasteiger partial charge in [0.2, 0.25) is 0 Å². The average molecular weight is 256 g/mol. The molecule has 0 radical (unpaired) electrons. The molecule has 94 valence electrons. The van der Waals surface area contributed by atoms with Gasteiger partial charge in [-0.25, -0.2) is 8.42 Å². The molecule has 0 aliphatic carbocycles. The fourth-order valence-electron chi connectivity index (χ4n) is 1.24. The molecule has 0 spiro atoms. The number of carbonyl (C=O) groups excluding carboxylic acids is 1. The molecule has 0 aliphatic rings. The molecule has 1 aromatic carbocycles. The minimum absolute atomic E-state index is 0.00615. The summed E-state index contributed by atoms with van der Waals surface area (Å²) in [6, 6.07) is 6.71. The number of ether oxygens (including phenoxy) is 1. The van der Waals surface area contributed by atoms with Crippen LogP contribution in [-0.4, -0.2) is 32.3 Å². The van der Waals surface area contributed by atoms with E-state index in [1.807, 2.05) is 0 Å². The van der Waals surface area contributed by atoms with Crippen molar-refractivity contribution in [1.29, 1.82) is 0 Å². The first-order valence-electron chi connectivity index (χ1n) is 5.39. The largest absolute Gasteiger partial charge is 0.493 e. The molecule has 1 aromatic rings. The Morgan fingerprint density at radius 1 is 1.35 bits per heavy atom. The number of ketones is 1. The van der Waals surface area contributed by atoms with Crippen LogP contribution in [0.1, 0.15) is 24.2 Å². The van der Waals surface area contributed by atoms with Crippen molar-refractivity contribution in [3.63, 3.8) is 0 Å². The van der Waals surface area contributed by atoms with Crippen LogP contribution in [0.25, 0.3) is 0 Å². The summed E-state index contributed by atoms with van der Waals surface area (Å²) in [6.07, 6.45) is 0. The Kier molecular flexibility index (Phi) is 4.69. The third-order valence-corrected chi connectivity index (χ3v) is 4.01. The van der Waals surface area contributed by atoms with Crippen LogP contribution in [0.4, 0.5) is 0 Å². The van der Waals surface area contributed by atoms with Gasteiger partial charge in [0.25, 0.3) is 0 Å². The SMILES string of the molecule is CCS(=O)(=O)CCOc1cccc(C(C)=O)c1. The molecule has 0 bridgehead atoms. The highest BCUT2D eigenvalue weighted by atomic mass is 32.2. The van der Waals surface area contributed by atoms with Crippen LogP contribution in [0.2, 0.25) is 0 Å². The standard InChI is InChI=1S/C12H16O4S/c1-3-17(14,15)8-7-16-12-6-4-5-11(9-12)10(2)13/h4-6,9H,3,7-8H2,1-2H3. The lowest BCUT2D eigenvalue weighted by molar-refractivity contribution is 0.101. The van der Waals surface area contributed by atoms with E-state index in [0.29, 0.717) is 11.3 Å². The van der Waals surface area contributed by atoms with Gasteiger partial charge >= 0.3 is 0 Å². The molecule has 1 rings (SSSR count). The molecule has 0 aromatic heterocycles. The Balaban J connectivity index is 2.58. The Hall–Kier alpha value is -1.36. The average Bonchev–Trinajstić information content (AvgIpc) is 2.29. The molecule has 0 atom stereocenters. The predicted octanol–water partition coefficient (Wildman–Crippen LogP) is 1.70. The first-order chi connectivity index (χ1) is 7.94. The first-order valence-corrected chi connectivity index (χ1v) is 7.21. The minimum atomic E-state index is -3.01. The third kappa shape index (κ3) is 4.56. The van der Waals surface area contributed by atoms with E-state index in [0.717, 1.165) is 0 Å². The van der Waals surface area contributed by atoms with E-state index in [1.54, 1.807) is 31.2 Å². The number of hydrogen-bond acceptors (Lipinski definition) is 4. The van der Waals surface area contributed by atoms with E-state index in [1.165, 1.54) is 6.92 Å². The summed E-state index contributed by atoms with van der Waals surface area (Å²) in [5.41, 5.74) is 0.556. The van der Waals surface area contributed by atoms with Gasteiger partial charge in [-0.3, -0.25) is 4.79 Å². The molecule has 0 amide bonds. The highest BCUT2D eigenvalue weighted by Crippen LogP contribution is 2.13. The molecule has 0 N–H and O–H groups in total. The van der Waals surface area contributed by atoms with Crippen molar-refractivity contribution in [3.8, 4) is 5.75 Å². The Morgan fingerprint density at radius 2 is 2.06 bits per heavy atom. The number of benzene rings is 1. The maximum absolute atomic E-state index is 11.2. The van der Waals surface area contributed by atoms with E-state index < -0.39 is 9.84 Å². The summed E-state index contributed by atoms with van der Waals surface area (Å²) in [7, 11) is -3.01. The smallest absolute Gasteiger partial charge is 0.159 e. The van der Waals surface area contributed by atoms with Gasteiger partial charge in [0.15, 0.2) is 15.6 Å². The minimum Gasteiger partial charge on any atom is -0.493 e. The normalized spacial score (nSPS) is 11.2. The fourth-order valence-corrected chi connectivity index (χ4v) is 1.86. The van der Waals surface area contributed by atoms with Crippen molar-refractivity contribution >= 4 is 15.6 Å². The number of sulfone groups is 1. The second-order valence-corrected chi connectivity index (χ2v) is 6.14. The van der Waals surface area contributed by atoms with E-state index >= 15 is 0 Å². The van der Waals surface area contributed by atoms with Crippen LogP contribution < -0.4 is 4.74 Å². The van der Waals surface area contributed by atoms with Crippen molar-refractivity contribution in [1.82, 2.24) is 0 Å². The van der Waals surface area contributed by atoms with Gasteiger partial charge in [0.05, 0.1) is 5.75 Å². The second-order valence-electron chi connectivity index (χ2n) is 3.67. The van der Waals surface area contributed by atoms with Crippen molar-refractivity contribution in [2.45, 2.75) is 13.8 Å². The van der Waals surface area contributed by atoms with Gasteiger partial charge < -0.3 is 4.74 Å².